The van der Waals surface area contributed by atoms with Gasteiger partial charge in [0.2, 0.25) is 0 Å². The molecule has 2 nitrogen and oxygen atoms in total. The second-order valence-corrected chi connectivity index (χ2v) is 13.7. The molecule has 2 unspecified atom stereocenters. The van der Waals surface area contributed by atoms with Gasteiger partial charge >= 0.3 is 0 Å². The molecule has 1 saturated heterocycles. The Morgan fingerprint density at radius 3 is 2.16 bits per heavy atom. The Kier molecular flexibility index (Phi) is 5.51. The maximum atomic E-state index is 11.0. The Bertz CT molecular complexity index is 1130. The van der Waals surface area contributed by atoms with Crippen molar-refractivity contribution >= 4 is 29.8 Å². The van der Waals surface area contributed by atoms with Crippen molar-refractivity contribution < 1.29 is 5.11 Å². The first-order valence-corrected chi connectivity index (χ1v) is 12.7. The zero-order valence-electron chi connectivity index (χ0n) is 19.6. The molecule has 0 aliphatic carbocycles. The van der Waals surface area contributed by atoms with Crippen LogP contribution < -0.4 is 0 Å². The third kappa shape index (κ3) is 3.70. The number of aliphatic imine (C=N–C) groups is 1. The Balaban J connectivity index is 2.05. The van der Waals surface area contributed by atoms with Gasteiger partial charge in [-0.05, 0) is 40.7 Å². The van der Waals surface area contributed by atoms with E-state index in [4.69, 9.17) is 4.99 Å². The minimum atomic E-state index is -0.478. The molecule has 0 bridgehead atoms. The SMILES string of the molecule is CC(C)(C)P1CCC(c2ccccc2O)(C(C)(C)C)C1=Nc1cccc2ccccc12. The number of nitrogens with zero attached hydrogens (tertiary/aromatic N) is 1. The molecule has 0 amide bonds. The monoisotopic (exact) mass is 431 g/mol. The van der Waals surface area contributed by atoms with Crippen LogP contribution in [0.1, 0.15) is 53.5 Å². The zero-order chi connectivity index (χ0) is 22.4. The maximum Gasteiger partial charge on any atom is 0.119 e. The van der Waals surface area contributed by atoms with Crippen LogP contribution in [0.15, 0.2) is 71.7 Å². The lowest BCUT2D eigenvalue weighted by atomic mass is 9.61. The van der Waals surface area contributed by atoms with E-state index in [0.29, 0.717) is 5.75 Å². The molecule has 1 heterocycles. The van der Waals surface area contributed by atoms with Crippen molar-refractivity contribution in [3.05, 3.63) is 72.3 Å². The van der Waals surface area contributed by atoms with E-state index in [-0.39, 0.29) is 16.0 Å². The molecule has 0 aromatic heterocycles. The first-order chi connectivity index (χ1) is 14.6. The molecule has 0 spiro atoms. The summed E-state index contributed by atoms with van der Waals surface area (Å²) < 4.78 is 0. The summed E-state index contributed by atoms with van der Waals surface area (Å²) in [5.41, 5.74) is 2.96. The van der Waals surface area contributed by atoms with E-state index in [0.717, 1.165) is 23.8 Å². The molecule has 4 rings (SSSR count). The molecular formula is C28H34NOP. The lowest BCUT2D eigenvalue weighted by Gasteiger charge is -2.45. The Morgan fingerprint density at radius 1 is 0.839 bits per heavy atom. The summed E-state index contributed by atoms with van der Waals surface area (Å²) in [5, 5.41) is 13.5. The first-order valence-electron chi connectivity index (χ1n) is 11.2. The number of para-hydroxylation sites is 1. The van der Waals surface area contributed by atoms with Gasteiger partial charge in [-0.1, -0.05) is 104 Å². The Hall–Kier alpha value is -2.18. The topological polar surface area (TPSA) is 32.6 Å². The van der Waals surface area contributed by atoms with Crippen LogP contribution in [0, 0.1) is 5.41 Å². The summed E-state index contributed by atoms with van der Waals surface area (Å²) in [7, 11) is -0.478. The van der Waals surface area contributed by atoms with E-state index < -0.39 is 7.92 Å². The number of aromatic hydroxyl groups is 1. The lowest BCUT2D eigenvalue weighted by Crippen LogP contribution is -2.44. The largest absolute Gasteiger partial charge is 0.508 e. The van der Waals surface area contributed by atoms with Gasteiger partial charge in [0.1, 0.15) is 5.75 Å². The van der Waals surface area contributed by atoms with Crippen LogP contribution in [0.3, 0.4) is 0 Å². The number of rotatable bonds is 2. The average Bonchev–Trinajstić information content (AvgIpc) is 3.09. The van der Waals surface area contributed by atoms with Crippen LogP contribution in [0.4, 0.5) is 5.69 Å². The first kappa shape index (κ1) is 22.0. The van der Waals surface area contributed by atoms with Crippen molar-refractivity contribution in [2.45, 2.75) is 58.5 Å². The van der Waals surface area contributed by atoms with E-state index in [1.54, 1.807) is 0 Å². The van der Waals surface area contributed by atoms with E-state index in [1.165, 1.54) is 16.2 Å². The molecular weight excluding hydrogens is 397 g/mol. The highest BCUT2D eigenvalue weighted by molar-refractivity contribution is 7.77. The maximum absolute atomic E-state index is 11.0. The van der Waals surface area contributed by atoms with Crippen LogP contribution in [0.5, 0.6) is 5.75 Å². The molecule has 0 radical (unpaired) electrons. The smallest absolute Gasteiger partial charge is 0.119 e. The second-order valence-electron chi connectivity index (χ2n) is 10.7. The standard InChI is InChI=1S/C28H34NOP/c1-26(2,3)28(22-15-9-10-17-24(22)30)18-19-31(27(4,5)6)25(28)29-23-16-11-13-20-12-7-8-14-21(20)23/h7-17,30H,18-19H2,1-6H3. The van der Waals surface area contributed by atoms with Crippen molar-refractivity contribution in [3.8, 4) is 5.75 Å². The van der Waals surface area contributed by atoms with Gasteiger partial charge in [-0.2, -0.15) is 0 Å². The highest BCUT2D eigenvalue weighted by atomic mass is 31.1. The van der Waals surface area contributed by atoms with Gasteiger partial charge in [0.05, 0.1) is 11.1 Å². The molecule has 3 heteroatoms. The predicted octanol–water partition coefficient (Wildman–Crippen LogP) is 8.24. The molecule has 0 saturated carbocycles. The van der Waals surface area contributed by atoms with Crippen LogP contribution in [-0.2, 0) is 5.41 Å². The molecule has 1 aliphatic heterocycles. The molecule has 2 atom stereocenters. The van der Waals surface area contributed by atoms with E-state index >= 15 is 0 Å². The summed E-state index contributed by atoms with van der Waals surface area (Å²) in [5.74, 6) is 0.383. The number of fused-ring (bicyclic) bond motifs is 1. The number of phenolic OH excluding ortho intramolecular Hbond substituents is 1. The number of hydrogen-bond acceptors (Lipinski definition) is 2. The molecule has 1 fully saturated rings. The fourth-order valence-corrected chi connectivity index (χ4v) is 8.49. The van der Waals surface area contributed by atoms with Crippen molar-refractivity contribution in [2.24, 2.45) is 10.4 Å². The van der Waals surface area contributed by atoms with E-state index in [2.05, 4.69) is 96.1 Å². The van der Waals surface area contributed by atoms with Gasteiger partial charge in [-0.25, -0.2) is 0 Å². The number of hydrogen-bond donors (Lipinski definition) is 1. The molecule has 31 heavy (non-hydrogen) atoms. The number of phenols is 1. The molecule has 3 aromatic carbocycles. The fraction of sp³-hybridized carbons (Fsp3) is 0.393. The molecule has 1 N–H and O–H groups in total. The molecule has 3 aromatic rings. The summed E-state index contributed by atoms with van der Waals surface area (Å²) in [6, 6.07) is 22.8. The average molecular weight is 432 g/mol. The summed E-state index contributed by atoms with van der Waals surface area (Å²) in [6.45, 7) is 14.0. The third-order valence-corrected chi connectivity index (χ3v) is 10.1. The summed E-state index contributed by atoms with van der Waals surface area (Å²) in [4.78, 5) is 5.51. The Labute approximate surface area is 188 Å². The predicted molar refractivity (Wildman–Crippen MR) is 136 cm³/mol. The summed E-state index contributed by atoms with van der Waals surface area (Å²) in [6.07, 6.45) is 2.15. The minimum Gasteiger partial charge on any atom is -0.508 e. The van der Waals surface area contributed by atoms with Crippen LogP contribution in [-0.4, -0.2) is 21.9 Å². The highest BCUT2D eigenvalue weighted by Crippen LogP contribution is 2.68. The van der Waals surface area contributed by atoms with Gasteiger partial charge in [0, 0.05) is 16.4 Å². The van der Waals surface area contributed by atoms with Gasteiger partial charge in [0.15, 0.2) is 0 Å². The molecule has 162 valence electrons. The van der Waals surface area contributed by atoms with Crippen molar-refractivity contribution in [1.82, 2.24) is 0 Å². The van der Waals surface area contributed by atoms with Gasteiger partial charge in [-0.15, -0.1) is 0 Å². The van der Waals surface area contributed by atoms with Crippen molar-refractivity contribution in [2.75, 3.05) is 6.16 Å². The van der Waals surface area contributed by atoms with Gasteiger partial charge < -0.3 is 5.11 Å². The van der Waals surface area contributed by atoms with Crippen LogP contribution in [0.2, 0.25) is 0 Å². The van der Waals surface area contributed by atoms with Crippen LogP contribution >= 0.6 is 7.92 Å². The lowest BCUT2D eigenvalue weighted by molar-refractivity contribution is 0.253. The minimum absolute atomic E-state index is 0.0857. The second kappa shape index (κ2) is 7.75. The van der Waals surface area contributed by atoms with Gasteiger partial charge in [0.25, 0.3) is 0 Å². The highest BCUT2D eigenvalue weighted by Gasteiger charge is 2.56. The van der Waals surface area contributed by atoms with Crippen LogP contribution in [0.25, 0.3) is 10.8 Å². The van der Waals surface area contributed by atoms with Crippen molar-refractivity contribution in [1.29, 1.82) is 0 Å². The normalized spacial score (nSPS) is 23.5. The number of benzene rings is 3. The zero-order valence-corrected chi connectivity index (χ0v) is 20.5. The summed E-state index contributed by atoms with van der Waals surface area (Å²) >= 11 is 0. The molecule has 1 aliphatic rings. The van der Waals surface area contributed by atoms with Gasteiger partial charge in [-0.3, -0.25) is 4.99 Å². The fourth-order valence-electron chi connectivity index (χ4n) is 5.16. The van der Waals surface area contributed by atoms with E-state index in [9.17, 15) is 5.11 Å². The third-order valence-electron chi connectivity index (χ3n) is 6.79. The Morgan fingerprint density at radius 2 is 1.48 bits per heavy atom. The van der Waals surface area contributed by atoms with Crippen molar-refractivity contribution in [3.63, 3.8) is 0 Å². The van der Waals surface area contributed by atoms with E-state index in [1.807, 2.05) is 12.1 Å². The quantitative estimate of drug-likeness (QED) is 0.407.